The van der Waals surface area contributed by atoms with Crippen molar-refractivity contribution < 1.29 is 19.7 Å². The summed E-state index contributed by atoms with van der Waals surface area (Å²) < 4.78 is 5.14. The van der Waals surface area contributed by atoms with Crippen LogP contribution in [0, 0.1) is 0 Å². The van der Waals surface area contributed by atoms with E-state index >= 15 is 0 Å². The second-order valence-corrected chi connectivity index (χ2v) is 2.83. The maximum absolute atomic E-state index is 10.7. The molecule has 0 saturated carbocycles. The van der Waals surface area contributed by atoms with Crippen molar-refractivity contribution in [2.45, 2.75) is 13.3 Å². The first-order valence-electron chi connectivity index (χ1n) is 5.01. The number of carbonyl (C=O) groups is 1. The predicted octanol–water partition coefficient (Wildman–Crippen LogP) is -0.195. The van der Waals surface area contributed by atoms with Crippen LogP contribution in [0.5, 0.6) is 6.01 Å². The van der Waals surface area contributed by atoms with Gasteiger partial charge in [0.05, 0.1) is 6.61 Å². The molecule has 0 radical (unpaired) electrons. The van der Waals surface area contributed by atoms with E-state index < -0.39 is 0 Å². The Morgan fingerprint density at radius 3 is 2.82 bits per heavy atom. The molecule has 1 amide bonds. The Bertz CT molecular complexity index is 333. The predicted molar refractivity (Wildman–Crippen MR) is 61.7 cm³/mol. The lowest BCUT2D eigenvalue weighted by atomic mass is 10.5. The van der Waals surface area contributed by atoms with Crippen molar-refractivity contribution in [1.82, 2.24) is 9.97 Å². The van der Waals surface area contributed by atoms with Gasteiger partial charge in [-0.25, -0.2) is 4.98 Å². The summed E-state index contributed by atoms with van der Waals surface area (Å²) >= 11 is 0. The molecule has 96 valence electrons. The molecule has 1 rings (SSSR count). The number of carbonyl (C=O) groups excluding carboxylic acids is 1. The van der Waals surface area contributed by atoms with Gasteiger partial charge in [0.1, 0.15) is 5.82 Å². The minimum absolute atomic E-state index is 0.0609. The van der Waals surface area contributed by atoms with Crippen LogP contribution in [0.4, 0.5) is 5.82 Å². The maximum Gasteiger partial charge on any atom is 0.318 e. The molecular weight excluding hydrogens is 226 g/mol. The van der Waals surface area contributed by atoms with Crippen molar-refractivity contribution in [3.8, 4) is 6.01 Å². The first kappa shape index (κ1) is 15.3. The van der Waals surface area contributed by atoms with Crippen LogP contribution >= 0.6 is 0 Å². The molecule has 0 aromatic carbocycles. The molecule has 1 aromatic rings. The summed E-state index contributed by atoms with van der Waals surface area (Å²) in [6, 6.07) is 1.76. The molecule has 7 heteroatoms. The minimum Gasteiger partial charge on any atom is -0.463 e. The van der Waals surface area contributed by atoms with Gasteiger partial charge in [0.15, 0.2) is 0 Å². The largest absolute Gasteiger partial charge is 0.463 e. The number of aliphatic hydroxyl groups excluding tert-OH is 2. The van der Waals surface area contributed by atoms with E-state index in [2.05, 4.69) is 15.3 Å². The standard InChI is InChI=1S/C9H13N3O3.CH4O/c1-7(14)11-8-3-4-10-9(12-8)15-6-2-5-13;1-2/h3-4,13H,2,5-6H2,1H3,(H,10,11,12,14);2H,1H3. The number of hydrogen-bond acceptors (Lipinski definition) is 6. The highest BCUT2D eigenvalue weighted by molar-refractivity contribution is 5.87. The third kappa shape index (κ3) is 7.20. The lowest BCUT2D eigenvalue weighted by Gasteiger charge is -2.04. The van der Waals surface area contributed by atoms with Gasteiger partial charge in [0, 0.05) is 33.3 Å². The summed E-state index contributed by atoms with van der Waals surface area (Å²) in [5, 5.41) is 18.1. The van der Waals surface area contributed by atoms with Gasteiger partial charge in [-0.3, -0.25) is 4.79 Å². The molecule has 1 aromatic heterocycles. The molecule has 0 bridgehead atoms. The van der Waals surface area contributed by atoms with Crippen LogP contribution in [-0.4, -0.2) is 46.4 Å². The zero-order valence-corrected chi connectivity index (χ0v) is 9.88. The van der Waals surface area contributed by atoms with Crippen LogP contribution in [0.2, 0.25) is 0 Å². The summed E-state index contributed by atoms with van der Waals surface area (Å²) in [4.78, 5) is 18.5. The van der Waals surface area contributed by atoms with Crippen LogP contribution in [0.15, 0.2) is 12.3 Å². The molecule has 0 atom stereocenters. The van der Waals surface area contributed by atoms with E-state index in [-0.39, 0.29) is 18.5 Å². The van der Waals surface area contributed by atoms with Crippen molar-refractivity contribution in [2.75, 3.05) is 25.6 Å². The van der Waals surface area contributed by atoms with Gasteiger partial charge in [-0.05, 0) is 6.07 Å². The van der Waals surface area contributed by atoms with E-state index in [1.165, 1.54) is 13.1 Å². The number of nitrogens with zero attached hydrogens (tertiary/aromatic N) is 2. The van der Waals surface area contributed by atoms with Crippen molar-refractivity contribution in [3.63, 3.8) is 0 Å². The Morgan fingerprint density at radius 1 is 1.53 bits per heavy atom. The molecule has 0 spiro atoms. The Hall–Kier alpha value is -1.73. The van der Waals surface area contributed by atoms with Crippen LogP contribution in [0.1, 0.15) is 13.3 Å². The molecule has 0 unspecified atom stereocenters. The van der Waals surface area contributed by atoms with E-state index in [0.717, 1.165) is 7.11 Å². The van der Waals surface area contributed by atoms with Crippen molar-refractivity contribution in [1.29, 1.82) is 0 Å². The average Bonchev–Trinajstić information content (AvgIpc) is 2.32. The zero-order valence-electron chi connectivity index (χ0n) is 9.88. The normalized spacial score (nSPS) is 8.94. The summed E-state index contributed by atoms with van der Waals surface area (Å²) in [5.41, 5.74) is 0. The van der Waals surface area contributed by atoms with E-state index in [4.69, 9.17) is 14.9 Å². The van der Waals surface area contributed by atoms with E-state index in [1.807, 2.05) is 0 Å². The van der Waals surface area contributed by atoms with Crippen LogP contribution in [0.25, 0.3) is 0 Å². The monoisotopic (exact) mass is 243 g/mol. The van der Waals surface area contributed by atoms with Gasteiger partial charge >= 0.3 is 6.01 Å². The van der Waals surface area contributed by atoms with Crippen molar-refractivity contribution >= 4 is 11.7 Å². The number of nitrogens with one attached hydrogen (secondary N) is 1. The number of ether oxygens (including phenoxy) is 1. The number of anilines is 1. The fraction of sp³-hybridized carbons (Fsp3) is 0.500. The van der Waals surface area contributed by atoms with Crippen LogP contribution in [-0.2, 0) is 4.79 Å². The van der Waals surface area contributed by atoms with E-state index in [0.29, 0.717) is 18.8 Å². The summed E-state index contributed by atoms with van der Waals surface area (Å²) in [6.45, 7) is 1.81. The third-order valence-corrected chi connectivity index (χ3v) is 1.47. The molecular formula is C10H17N3O4. The zero-order chi connectivity index (χ0) is 13.1. The molecule has 3 N–H and O–H groups in total. The molecule has 1 heterocycles. The lowest BCUT2D eigenvalue weighted by Crippen LogP contribution is -2.09. The fourth-order valence-corrected chi connectivity index (χ4v) is 0.888. The Kier molecular flexibility index (Phi) is 8.53. The Labute approximate surface area is 99.5 Å². The first-order valence-corrected chi connectivity index (χ1v) is 5.01. The van der Waals surface area contributed by atoms with Gasteiger partial charge in [-0.1, -0.05) is 0 Å². The fourth-order valence-electron chi connectivity index (χ4n) is 0.888. The third-order valence-electron chi connectivity index (χ3n) is 1.47. The number of amides is 1. The number of hydrogen-bond donors (Lipinski definition) is 3. The van der Waals surface area contributed by atoms with E-state index in [1.54, 1.807) is 6.07 Å². The van der Waals surface area contributed by atoms with Crippen molar-refractivity contribution in [3.05, 3.63) is 12.3 Å². The number of aromatic nitrogens is 2. The highest BCUT2D eigenvalue weighted by Gasteiger charge is 2.01. The van der Waals surface area contributed by atoms with Gasteiger partial charge in [-0.2, -0.15) is 4.98 Å². The van der Waals surface area contributed by atoms with Crippen LogP contribution in [0.3, 0.4) is 0 Å². The molecule has 0 fully saturated rings. The minimum atomic E-state index is -0.199. The van der Waals surface area contributed by atoms with Crippen molar-refractivity contribution in [2.24, 2.45) is 0 Å². The summed E-state index contributed by atoms with van der Waals surface area (Å²) in [7, 11) is 1.00. The molecule has 0 aliphatic rings. The second kappa shape index (κ2) is 9.49. The highest BCUT2D eigenvalue weighted by Crippen LogP contribution is 2.07. The van der Waals surface area contributed by atoms with Gasteiger partial charge in [0.25, 0.3) is 0 Å². The Balaban J connectivity index is 0.00000121. The Morgan fingerprint density at radius 2 is 2.24 bits per heavy atom. The maximum atomic E-state index is 10.7. The average molecular weight is 243 g/mol. The highest BCUT2D eigenvalue weighted by atomic mass is 16.5. The lowest BCUT2D eigenvalue weighted by molar-refractivity contribution is -0.114. The molecule has 17 heavy (non-hydrogen) atoms. The van der Waals surface area contributed by atoms with E-state index in [9.17, 15) is 4.79 Å². The summed E-state index contributed by atoms with van der Waals surface area (Å²) in [5.74, 6) is 0.200. The molecule has 0 aliphatic carbocycles. The van der Waals surface area contributed by atoms with Gasteiger partial charge in [0.2, 0.25) is 5.91 Å². The molecule has 0 saturated heterocycles. The van der Waals surface area contributed by atoms with Gasteiger partial charge < -0.3 is 20.3 Å². The second-order valence-electron chi connectivity index (χ2n) is 2.83. The molecule has 0 aliphatic heterocycles. The topological polar surface area (TPSA) is 105 Å². The number of rotatable bonds is 5. The SMILES string of the molecule is CC(=O)Nc1ccnc(OCCCO)n1.CO. The summed E-state index contributed by atoms with van der Waals surface area (Å²) in [6.07, 6.45) is 2.01. The number of aliphatic hydroxyl groups is 2. The quantitative estimate of drug-likeness (QED) is 0.619. The van der Waals surface area contributed by atoms with Crippen LogP contribution < -0.4 is 10.1 Å². The first-order chi connectivity index (χ1) is 8.22. The molecule has 7 nitrogen and oxygen atoms in total. The smallest absolute Gasteiger partial charge is 0.318 e. The van der Waals surface area contributed by atoms with Gasteiger partial charge in [-0.15, -0.1) is 0 Å².